The molecular formula is C19H21N3O2S. The number of hydrogen-bond acceptors (Lipinski definition) is 5. The third-order valence-electron chi connectivity index (χ3n) is 3.94. The Morgan fingerprint density at radius 2 is 2.12 bits per heavy atom. The highest BCUT2D eigenvalue weighted by molar-refractivity contribution is 7.22. The molecule has 0 aliphatic carbocycles. The number of hydrogen-bond donors (Lipinski definition) is 2. The highest BCUT2D eigenvalue weighted by atomic mass is 32.1. The van der Waals surface area contributed by atoms with E-state index in [1.54, 1.807) is 12.1 Å². The second-order valence-electron chi connectivity index (χ2n) is 5.92. The van der Waals surface area contributed by atoms with E-state index in [0.717, 1.165) is 33.5 Å². The molecule has 0 unspecified atom stereocenters. The zero-order chi connectivity index (χ0) is 18.0. The second-order valence-corrected chi connectivity index (χ2v) is 6.95. The van der Waals surface area contributed by atoms with Crippen LogP contribution in [0.2, 0.25) is 0 Å². The van der Waals surface area contributed by atoms with Crippen LogP contribution in [0.1, 0.15) is 34.8 Å². The third-order valence-corrected chi connectivity index (χ3v) is 4.96. The SMILES string of the molecule is CCCOc1cccc(C(=O)Nc2c(C)cc3nc(N)sc3c2C)c1. The van der Waals surface area contributed by atoms with Gasteiger partial charge in [0.15, 0.2) is 5.13 Å². The molecule has 6 heteroatoms. The van der Waals surface area contributed by atoms with Gasteiger partial charge in [-0.3, -0.25) is 4.79 Å². The van der Waals surface area contributed by atoms with Gasteiger partial charge in [0.25, 0.3) is 5.91 Å². The van der Waals surface area contributed by atoms with Crippen LogP contribution >= 0.6 is 11.3 Å². The number of rotatable bonds is 5. The van der Waals surface area contributed by atoms with Gasteiger partial charge in [0, 0.05) is 11.3 Å². The highest BCUT2D eigenvalue weighted by Crippen LogP contribution is 2.34. The molecule has 0 saturated heterocycles. The third kappa shape index (κ3) is 3.58. The Hall–Kier alpha value is -2.60. The molecule has 0 radical (unpaired) electrons. The van der Waals surface area contributed by atoms with Crippen LogP contribution in [0.5, 0.6) is 5.75 Å². The van der Waals surface area contributed by atoms with E-state index in [2.05, 4.69) is 10.3 Å². The van der Waals surface area contributed by atoms with Gasteiger partial charge in [-0.05, 0) is 55.7 Å². The molecule has 0 saturated carbocycles. The van der Waals surface area contributed by atoms with Gasteiger partial charge >= 0.3 is 0 Å². The summed E-state index contributed by atoms with van der Waals surface area (Å²) >= 11 is 1.43. The first-order chi connectivity index (χ1) is 12.0. The number of carbonyl (C=O) groups is 1. The molecule has 1 aromatic heterocycles. The average Bonchev–Trinajstić information content (AvgIpc) is 2.97. The summed E-state index contributed by atoms with van der Waals surface area (Å²) in [5, 5.41) is 3.55. The lowest BCUT2D eigenvalue weighted by Gasteiger charge is -2.13. The van der Waals surface area contributed by atoms with Crippen LogP contribution in [0.15, 0.2) is 30.3 Å². The molecule has 0 atom stereocenters. The van der Waals surface area contributed by atoms with Crippen molar-refractivity contribution in [2.24, 2.45) is 0 Å². The van der Waals surface area contributed by atoms with Crippen molar-refractivity contribution in [3.63, 3.8) is 0 Å². The summed E-state index contributed by atoms with van der Waals surface area (Å²) in [4.78, 5) is 17.0. The number of ether oxygens (including phenoxy) is 1. The van der Waals surface area contributed by atoms with Gasteiger partial charge in [-0.25, -0.2) is 4.98 Å². The van der Waals surface area contributed by atoms with Crippen LogP contribution in [-0.4, -0.2) is 17.5 Å². The summed E-state index contributed by atoms with van der Waals surface area (Å²) in [6.45, 7) is 6.61. The lowest BCUT2D eigenvalue weighted by atomic mass is 10.1. The first-order valence-corrected chi connectivity index (χ1v) is 9.01. The molecule has 5 nitrogen and oxygen atoms in total. The second kappa shape index (κ2) is 7.11. The molecule has 3 aromatic rings. The Kier molecular flexibility index (Phi) is 4.90. The lowest BCUT2D eigenvalue weighted by Crippen LogP contribution is -2.14. The van der Waals surface area contributed by atoms with Crippen LogP contribution < -0.4 is 15.8 Å². The van der Waals surface area contributed by atoms with E-state index < -0.39 is 0 Å². The van der Waals surface area contributed by atoms with Crippen LogP contribution in [0.4, 0.5) is 10.8 Å². The van der Waals surface area contributed by atoms with E-state index in [-0.39, 0.29) is 5.91 Å². The summed E-state index contributed by atoms with van der Waals surface area (Å²) in [5.74, 6) is 0.540. The Morgan fingerprint density at radius 1 is 1.32 bits per heavy atom. The first kappa shape index (κ1) is 17.2. The molecule has 0 bridgehead atoms. The fourth-order valence-corrected chi connectivity index (χ4v) is 3.54. The number of benzene rings is 2. The lowest BCUT2D eigenvalue weighted by molar-refractivity contribution is 0.102. The number of amides is 1. The Morgan fingerprint density at radius 3 is 2.88 bits per heavy atom. The van der Waals surface area contributed by atoms with Crippen molar-refractivity contribution in [2.45, 2.75) is 27.2 Å². The Bertz CT molecular complexity index is 934. The van der Waals surface area contributed by atoms with E-state index in [9.17, 15) is 4.79 Å². The minimum absolute atomic E-state index is 0.162. The van der Waals surface area contributed by atoms with E-state index in [0.29, 0.717) is 23.1 Å². The fourth-order valence-electron chi connectivity index (χ4n) is 2.73. The van der Waals surface area contributed by atoms with Gasteiger partial charge in [0.2, 0.25) is 0 Å². The Balaban J connectivity index is 1.89. The van der Waals surface area contributed by atoms with Crippen molar-refractivity contribution in [3.05, 3.63) is 47.0 Å². The van der Waals surface area contributed by atoms with Gasteiger partial charge in [-0.1, -0.05) is 24.3 Å². The van der Waals surface area contributed by atoms with Crippen molar-refractivity contribution in [1.29, 1.82) is 0 Å². The first-order valence-electron chi connectivity index (χ1n) is 8.20. The van der Waals surface area contributed by atoms with Crippen LogP contribution in [0, 0.1) is 13.8 Å². The molecule has 3 N–H and O–H groups in total. The van der Waals surface area contributed by atoms with Gasteiger partial charge in [-0.15, -0.1) is 0 Å². The molecule has 2 aromatic carbocycles. The Labute approximate surface area is 150 Å². The number of thiazole rings is 1. The largest absolute Gasteiger partial charge is 0.494 e. The molecule has 1 amide bonds. The maximum absolute atomic E-state index is 12.7. The number of fused-ring (bicyclic) bond motifs is 1. The number of nitrogens with two attached hydrogens (primary N) is 1. The monoisotopic (exact) mass is 355 g/mol. The van der Waals surface area contributed by atoms with Crippen molar-refractivity contribution in [3.8, 4) is 5.75 Å². The molecule has 0 aliphatic heterocycles. The molecule has 25 heavy (non-hydrogen) atoms. The van der Waals surface area contributed by atoms with Crippen LogP contribution in [-0.2, 0) is 0 Å². The van der Waals surface area contributed by atoms with Gasteiger partial charge < -0.3 is 15.8 Å². The zero-order valence-corrected chi connectivity index (χ0v) is 15.4. The molecule has 0 fully saturated rings. The van der Waals surface area contributed by atoms with E-state index in [1.807, 2.05) is 39.0 Å². The van der Waals surface area contributed by atoms with E-state index >= 15 is 0 Å². The summed E-state index contributed by atoms with van der Waals surface area (Å²) < 4.78 is 6.60. The van der Waals surface area contributed by atoms with Crippen molar-refractivity contribution >= 4 is 38.3 Å². The topological polar surface area (TPSA) is 77.2 Å². The maximum Gasteiger partial charge on any atom is 0.255 e. The quantitative estimate of drug-likeness (QED) is 0.704. The van der Waals surface area contributed by atoms with Crippen LogP contribution in [0.25, 0.3) is 10.2 Å². The normalized spacial score (nSPS) is 10.8. The number of carbonyl (C=O) groups excluding carboxylic acids is 1. The average molecular weight is 355 g/mol. The standard InChI is InChI=1S/C19H21N3O2S/c1-4-8-24-14-7-5-6-13(10-14)18(23)22-16-11(2)9-15-17(12(16)3)25-19(20)21-15/h5-7,9-10H,4,8H2,1-3H3,(H2,20,21)(H,22,23). The maximum atomic E-state index is 12.7. The fraction of sp³-hybridized carbons (Fsp3) is 0.263. The number of aromatic nitrogens is 1. The summed E-state index contributed by atoms with van der Waals surface area (Å²) in [7, 11) is 0. The number of anilines is 2. The number of nitrogen functional groups attached to an aromatic ring is 1. The van der Waals surface area contributed by atoms with E-state index in [1.165, 1.54) is 11.3 Å². The zero-order valence-electron chi connectivity index (χ0n) is 14.6. The van der Waals surface area contributed by atoms with Gasteiger partial charge in [0.05, 0.1) is 16.8 Å². The smallest absolute Gasteiger partial charge is 0.255 e. The van der Waals surface area contributed by atoms with Crippen molar-refractivity contribution in [1.82, 2.24) is 4.98 Å². The molecular weight excluding hydrogens is 334 g/mol. The predicted octanol–water partition coefficient (Wildman–Crippen LogP) is 4.54. The number of aryl methyl sites for hydroxylation is 2. The summed E-state index contributed by atoms with van der Waals surface area (Å²) in [5.41, 5.74) is 10.00. The minimum atomic E-state index is -0.162. The number of nitrogens with zero attached hydrogens (tertiary/aromatic N) is 1. The van der Waals surface area contributed by atoms with E-state index in [4.69, 9.17) is 10.5 Å². The van der Waals surface area contributed by atoms with Gasteiger partial charge in [-0.2, -0.15) is 0 Å². The van der Waals surface area contributed by atoms with Crippen LogP contribution in [0.3, 0.4) is 0 Å². The molecule has 130 valence electrons. The summed E-state index contributed by atoms with van der Waals surface area (Å²) in [6.07, 6.45) is 0.923. The summed E-state index contributed by atoms with van der Waals surface area (Å²) in [6, 6.07) is 9.17. The molecule has 0 aliphatic rings. The number of nitrogens with one attached hydrogen (secondary N) is 1. The van der Waals surface area contributed by atoms with Crippen molar-refractivity contribution < 1.29 is 9.53 Å². The molecule has 3 rings (SSSR count). The van der Waals surface area contributed by atoms with Gasteiger partial charge in [0.1, 0.15) is 5.75 Å². The minimum Gasteiger partial charge on any atom is -0.494 e. The molecule has 1 heterocycles. The van der Waals surface area contributed by atoms with Crippen molar-refractivity contribution in [2.75, 3.05) is 17.7 Å². The molecule has 0 spiro atoms. The predicted molar refractivity (Wildman–Crippen MR) is 104 cm³/mol. The highest BCUT2D eigenvalue weighted by Gasteiger charge is 2.15.